The number of carbonyl (C=O) groups excluding carboxylic acids is 1. The van der Waals surface area contributed by atoms with E-state index < -0.39 is 0 Å². The molecule has 0 aliphatic rings. The van der Waals surface area contributed by atoms with E-state index in [1.807, 2.05) is 55.4 Å². The number of carbonyl (C=O) groups is 1. The molecule has 0 unspecified atom stereocenters. The van der Waals surface area contributed by atoms with E-state index in [0.29, 0.717) is 23.9 Å². The molecule has 24 heavy (non-hydrogen) atoms. The van der Waals surface area contributed by atoms with Gasteiger partial charge in [-0.3, -0.25) is 10.1 Å². The van der Waals surface area contributed by atoms with Crippen LogP contribution in [0.4, 0.5) is 5.95 Å². The summed E-state index contributed by atoms with van der Waals surface area (Å²) < 4.78 is 5.73. The fourth-order valence-corrected chi connectivity index (χ4v) is 2.31. The molecule has 0 saturated carbocycles. The summed E-state index contributed by atoms with van der Waals surface area (Å²) in [5.41, 5.74) is 2.17. The third-order valence-corrected chi connectivity index (χ3v) is 3.55. The number of ether oxygens (including phenoxy) is 1. The highest BCUT2D eigenvalue weighted by Gasteiger charge is 2.14. The highest BCUT2D eigenvalue weighted by molar-refractivity contribution is 6.05. The lowest BCUT2D eigenvalue weighted by molar-refractivity contribution is 0.102. The van der Waals surface area contributed by atoms with Crippen molar-refractivity contribution >= 4 is 22.9 Å². The van der Waals surface area contributed by atoms with Gasteiger partial charge < -0.3 is 14.6 Å². The van der Waals surface area contributed by atoms with Crippen LogP contribution in [0.5, 0.6) is 5.75 Å². The lowest BCUT2D eigenvalue weighted by Crippen LogP contribution is -2.21. The Kier molecular flexibility index (Phi) is 4.77. The maximum absolute atomic E-state index is 12.5. The number of likely N-dealkylation sites (N-methyl/N-ethyl adjacent to an activating group) is 1. The number of rotatable bonds is 6. The second-order valence-corrected chi connectivity index (χ2v) is 5.70. The third kappa shape index (κ3) is 3.72. The van der Waals surface area contributed by atoms with Gasteiger partial charge in [0, 0.05) is 6.54 Å². The van der Waals surface area contributed by atoms with Gasteiger partial charge in [0.25, 0.3) is 5.91 Å². The van der Waals surface area contributed by atoms with Crippen LogP contribution in [0.2, 0.25) is 0 Å². The van der Waals surface area contributed by atoms with Gasteiger partial charge in [-0.1, -0.05) is 24.3 Å². The van der Waals surface area contributed by atoms with Crippen LogP contribution in [0, 0.1) is 0 Å². The fourth-order valence-electron chi connectivity index (χ4n) is 2.31. The first kappa shape index (κ1) is 16.0. The minimum atomic E-state index is -0.255. The smallest absolute Gasteiger partial charge is 0.261 e. The van der Waals surface area contributed by atoms with Crippen molar-refractivity contribution in [3.8, 4) is 5.75 Å². The molecule has 1 aromatic heterocycles. The summed E-state index contributed by atoms with van der Waals surface area (Å²) in [5, 5.41) is 2.79. The summed E-state index contributed by atoms with van der Waals surface area (Å²) in [6.45, 7) is 1.29. The van der Waals surface area contributed by atoms with Crippen molar-refractivity contribution in [2.24, 2.45) is 0 Å². The predicted octanol–water partition coefficient (Wildman–Crippen LogP) is 2.76. The second-order valence-electron chi connectivity index (χ2n) is 5.70. The maximum atomic E-state index is 12.5. The first-order chi connectivity index (χ1) is 11.6. The number of imidazole rings is 1. The largest absolute Gasteiger partial charge is 0.491 e. The molecule has 124 valence electrons. The molecule has 3 rings (SSSR count). The molecule has 0 fully saturated rings. The maximum Gasteiger partial charge on any atom is 0.261 e. The Morgan fingerprint density at radius 3 is 2.71 bits per heavy atom. The van der Waals surface area contributed by atoms with Crippen molar-refractivity contribution in [1.82, 2.24) is 14.9 Å². The van der Waals surface area contributed by atoms with Crippen LogP contribution in [-0.4, -0.2) is 48.0 Å². The van der Waals surface area contributed by atoms with Gasteiger partial charge in [-0.25, -0.2) is 4.98 Å². The van der Waals surface area contributed by atoms with Gasteiger partial charge in [-0.15, -0.1) is 0 Å². The van der Waals surface area contributed by atoms with Crippen LogP contribution in [-0.2, 0) is 0 Å². The Bertz CT molecular complexity index is 809. The molecule has 2 N–H and O–H groups in total. The number of nitrogens with one attached hydrogen (secondary N) is 2. The van der Waals surface area contributed by atoms with Crippen LogP contribution in [0.25, 0.3) is 11.0 Å². The van der Waals surface area contributed by atoms with Gasteiger partial charge in [-0.2, -0.15) is 0 Å². The number of H-pyrrole nitrogens is 1. The van der Waals surface area contributed by atoms with Crippen LogP contribution < -0.4 is 10.1 Å². The van der Waals surface area contributed by atoms with Crippen LogP contribution in [0.3, 0.4) is 0 Å². The van der Waals surface area contributed by atoms with E-state index in [-0.39, 0.29) is 5.91 Å². The Morgan fingerprint density at radius 2 is 1.92 bits per heavy atom. The molecule has 0 aliphatic heterocycles. The molecular formula is C18H20N4O2. The molecule has 2 aromatic carbocycles. The topological polar surface area (TPSA) is 70.2 Å². The number of hydrogen-bond acceptors (Lipinski definition) is 4. The number of para-hydroxylation sites is 3. The normalized spacial score (nSPS) is 11.0. The lowest BCUT2D eigenvalue weighted by Gasteiger charge is -2.13. The highest BCUT2D eigenvalue weighted by atomic mass is 16.5. The zero-order valence-electron chi connectivity index (χ0n) is 13.7. The van der Waals surface area contributed by atoms with Crippen molar-refractivity contribution in [1.29, 1.82) is 0 Å². The van der Waals surface area contributed by atoms with E-state index in [1.165, 1.54) is 0 Å². The summed E-state index contributed by atoms with van der Waals surface area (Å²) in [7, 11) is 3.95. The van der Waals surface area contributed by atoms with Crippen molar-refractivity contribution in [2.45, 2.75) is 0 Å². The number of fused-ring (bicyclic) bond motifs is 1. The fraction of sp³-hybridized carbons (Fsp3) is 0.222. The van der Waals surface area contributed by atoms with E-state index >= 15 is 0 Å². The summed E-state index contributed by atoms with van der Waals surface area (Å²) >= 11 is 0. The summed E-state index contributed by atoms with van der Waals surface area (Å²) in [5.74, 6) is 0.728. The Balaban J connectivity index is 1.74. The highest BCUT2D eigenvalue weighted by Crippen LogP contribution is 2.20. The average molecular weight is 324 g/mol. The summed E-state index contributed by atoms with van der Waals surface area (Å²) in [6, 6.07) is 14.8. The van der Waals surface area contributed by atoms with Crippen LogP contribution >= 0.6 is 0 Å². The molecule has 0 spiro atoms. The zero-order valence-corrected chi connectivity index (χ0v) is 13.7. The van der Waals surface area contributed by atoms with Gasteiger partial charge in [0.05, 0.1) is 16.6 Å². The number of anilines is 1. The zero-order chi connectivity index (χ0) is 16.9. The first-order valence-corrected chi connectivity index (χ1v) is 7.76. The van der Waals surface area contributed by atoms with E-state index in [0.717, 1.165) is 17.6 Å². The van der Waals surface area contributed by atoms with E-state index in [2.05, 4.69) is 15.3 Å². The SMILES string of the molecule is CN(C)CCOc1ccccc1C(=O)Nc1nc2ccccc2[nH]1. The molecule has 6 heteroatoms. The Morgan fingerprint density at radius 1 is 1.17 bits per heavy atom. The quantitative estimate of drug-likeness (QED) is 0.731. The summed E-state index contributed by atoms with van der Waals surface area (Å²) in [6.07, 6.45) is 0. The van der Waals surface area contributed by atoms with Crippen molar-refractivity contribution in [2.75, 3.05) is 32.6 Å². The number of amides is 1. The molecule has 0 saturated heterocycles. The van der Waals surface area contributed by atoms with Gasteiger partial charge in [0.1, 0.15) is 12.4 Å². The number of benzene rings is 2. The molecule has 0 bridgehead atoms. The molecule has 0 atom stereocenters. The van der Waals surface area contributed by atoms with Crippen molar-refractivity contribution in [3.63, 3.8) is 0 Å². The standard InChI is InChI=1S/C18H20N4O2/c1-22(2)11-12-24-16-10-6-3-7-13(16)17(23)21-18-19-14-8-4-5-9-15(14)20-18/h3-10H,11-12H2,1-2H3,(H2,19,20,21,23). The number of aromatic nitrogens is 2. The molecule has 3 aromatic rings. The number of nitrogens with zero attached hydrogens (tertiary/aromatic N) is 2. The Labute approximate surface area is 140 Å². The summed E-state index contributed by atoms with van der Waals surface area (Å²) in [4.78, 5) is 22.0. The first-order valence-electron chi connectivity index (χ1n) is 7.76. The van der Waals surface area contributed by atoms with Crippen molar-refractivity contribution in [3.05, 3.63) is 54.1 Å². The Hall–Kier alpha value is -2.86. The third-order valence-electron chi connectivity index (χ3n) is 3.55. The van der Waals surface area contributed by atoms with E-state index in [9.17, 15) is 4.79 Å². The monoisotopic (exact) mass is 324 g/mol. The average Bonchev–Trinajstić information content (AvgIpc) is 2.97. The van der Waals surface area contributed by atoms with Gasteiger partial charge >= 0.3 is 0 Å². The van der Waals surface area contributed by atoms with Crippen molar-refractivity contribution < 1.29 is 9.53 Å². The number of hydrogen-bond donors (Lipinski definition) is 2. The molecule has 0 aliphatic carbocycles. The predicted molar refractivity (Wildman–Crippen MR) is 94.5 cm³/mol. The van der Waals surface area contributed by atoms with Gasteiger partial charge in [0.15, 0.2) is 0 Å². The second kappa shape index (κ2) is 7.14. The molecular weight excluding hydrogens is 304 g/mol. The molecule has 1 heterocycles. The van der Waals surface area contributed by atoms with E-state index in [4.69, 9.17) is 4.74 Å². The molecule has 0 radical (unpaired) electrons. The van der Waals surface area contributed by atoms with Gasteiger partial charge in [-0.05, 0) is 38.4 Å². The molecule has 1 amide bonds. The van der Waals surface area contributed by atoms with Crippen LogP contribution in [0.1, 0.15) is 10.4 Å². The van der Waals surface area contributed by atoms with Gasteiger partial charge in [0.2, 0.25) is 5.95 Å². The minimum Gasteiger partial charge on any atom is -0.491 e. The number of aromatic amines is 1. The molecule has 6 nitrogen and oxygen atoms in total. The lowest BCUT2D eigenvalue weighted by atomic mass is 10.2. The minimum absolute atomic E-state index is 0.255. The van der Waals surface area contributed by atoms with E-state index in [1.54, 1.807) is 12.1 Å². The van der Waals surface area contributed by atoms with Crippen LogP contribution in [0.15, 0.2) is 48.5 Å².